The van der Waals surface area contributed by atoms with E-state index in [1.54, 1.807) is 17.1 Å². The van der Waals surface area contributed by atoms with Crippen molar-refractivity contribution in [3.8, 4) is 5.75 Å². The second kappa shape index (κ2) is 10.3. The van der Waals surface area contributed by atoms with Gasteiger partial charge in [0.15, 0.2) is 0 Å². The highest BCUT2D eigenvalue weighted by Crippen LogP contribution is 2.40. The standard InChI is InChI=1S/C24H27Cl2N5O2/c25-17-1-6-21(23(26)11-17)22-12-20(33-24(22)13-31-16-28-15-29-31)14-32-19-4-2-18(3-5-19)30-9-7-27-8-10-30/h1-6,11,15-16,20,22,24,27H,7-10,12-14H2. The molecule has 0 saturated carbocycles. The van der Waals surface area contributed by atoms with Gasteiger partial charge in [0.1, 0.15) is 25.0 Å². The Morgan fingerprint density at radius 2 is 1.91 bits per heavy atom. The number of hydrogen-bond donors (Lipinski definition) is 1. The molecule has 3 unspecified atom stereocenters. The molecule has 5 rings (SSSR count). The van der Waals surface area contributed by atoms with Gasteiger partial charge >= 0.3 is 0 Å². The predicted octanol–water partition coefficient (Wildman–Crippen LogP) is 4.01. The summed E-state index contributed by atoms with van der Waals surface area (Å²) in [5, 5.41) is 8.91. The third-order valence-corrected chi connectivity index (χ3v) is 6.85. The van der Waals surface area contributed by atoms with Crippen molar-refractivity contribution in [3.63, 3.8) is 0 Å². The normalized spacial score (nSPS) is 23.1. The fourth-order valence-electron chi connectivity index (χ4n) is 4.62. The average Bonchev–Trinajstić information content (AvgIpc) is 3.49. The number of nitrogens with zero attached hydrogens (tertiary/aromatic N) is 4. The highest BCUT2D eigenvalue weighted by Gasteiger charge is 2.38. The molecule has 7 nitrogen and oxygen atoms in total. The molecule has 9 heteroatoms. The zero-order valence-electron chi connectivity index (χ0n) is 18.2. The zero-order valence-corrected chi connectivity index (χ0v) is 19.8. The summed E-state index contributed by atoms with van der Waals surface area (Å²) in [7, 11) is 0. The van der Waals surface area contributed by atoms with E-state index in [9.17, 15) is 0 Å². The van der Waals surface area contributed by atoms with Crippen LogP contribution in [0.1, 0.15) is 17.9 Å². The van der Waals surface area contributed by atoms with Crippen LogP contribution in [0.5, 0.6) is 5.75 Å². The molecular weight excluding hydrogens is 461 g/mol. The maximum Gasteiger partial charge on any atom is 0.137 e. The zero-order chi connectivity index (χ0) is 22.6. The lowest BCUT2D eigenvalue weighted by molar-refractivity contribution is 0.00633. The van der Waals surface area contributed by atoms with Gasteiger partial charge in [-0.2, -0.15) is 5.10 Å². The van der Waals surface area contributed by atoms with Crippen molar-refractivity contribution in [2.24, 2.45) is 0 Å². The fourth-order valence-corrected chi connectivity index (χ4v) is 5.17. The molecule has 2 aromatic carbocycles. The van der Waals surface area contributed by atoms with Crippen LogP contribution in [0.25, 0.3) is 0 Å². The number of rotatable bonds is 7. The predicted molar refractivity (Wildman–Crippen MR) is 130 cm³/mol. The van der Waals surface area contributed by atoms with Gasteiger partial charge in [-0.05, 0) is 48.4 Å². The Bertz CT molecular complexity index is 1040. The Balaban J connectivity index is 1.24. The van der Waals surface area contributed by atoms with Crippen LogP contribution in [0.2, 0.25) is 10.0 Å². The van der Waals surface area contributed by atoms with Crippen molar-refractivity contribution in [1.29, 1.82) is 0 Å². The van der Waals surface area contributed by atoms with Crippen LogP contribution in [0.15, 0.2) is 55.1 Å². The summed E-state index contributed by atoms with van der Waals surface area (Å²) in [6, 6.07) is 14.0. The van der Waals surface area contributed by atoms with E-state index in [4.69, 9.17) is 32.7 Å². The van der Waals surface area contributed by atoms with Gasteiger partial charge in [-0.1, -0.05) is 29.3 Å². The summed E-state index contributed by atoms with van der Waals surface area (Å²) in [6.45, 7) is 5.16. The molecule has 2 aliphatic rings. The molecule has 0 radical (unpaired) electrons. The maximum absolute atomic E-state index is 6.54. The second-order valence-electron chi connectivity index (χ2n) is 8.46. The molecule has 1 N–H and O–H groups in total. The number of halogens is 2. The summed E-state index contributed by atoms with van der Waals surface area (Å²) >= 11 is 12.7. The van der Waals surface area contributed by atoms with E-state index < -0.39 is 0 Å². The molecule has 0 spiro atoms. The lowest BCUT2D eigenvalue weighted by atomic mass is 9.91. The van der Waals surface area contributed by atoms with Crippen molar-refractivity contribution in [2.75, 3.05) is 37.7 Å². The van der Waals surface area contributed by atoms with Crippen molar-refractivity contribution in [3.05, 3.63) is 70.7 Å². The van der Waals surface area contributed by atoms with Crippen molar-refractivity contribution in [2.45, 2.75) is 31.1 Å². The van der Waals surface area contributed by atoms with E-state index in [0.29, 0.717) is 23.2 Å². The molecule has 0 amide bonds. The Labute approximate surface area is 203 Å². The molecule has 0 aliphatic carbocycles. The SMILES string of the molecule is Clc1ccc(C2CC(COc3ccc(N4CCNCC4)cc3)OC2Cn2cncn2)c(Cl)c1. The second-order valence-corrected chi connectivity index (χ2v) is 9.31. The summed E-state index contributed by atoms with van der Waals surface area (Å²) in [4.78, 5) is 6.43. The minimum absolute atomic E-state index is 0.0527. The molecule has 3 heterocycles. The fraction of sp³-hybridized carbons (Fsp3) is 0.417. The lowest BCUT2D eigenvalue weighted by Crippen LogP contribution is -2.43. The summed E-state index contributed by atoms with van der Waals surface area (Å²) < 4.78 is 14.3. The van der Waals surface area contributed by atoms with Gasteiger partial charge in [-0.3, -0.25) is 4.68 Å². The van der Waals surface area contributed by atoms with Gasteiger partial charge in [0, 0.05) is 47.8 Å². The first kappa shape index (κ1) is 22.5. The molecule has 3 aromatic rings. The average molecular weight is 488 g/mol. The number of hydrogen-bond acceptors (Lipinski definition) is 6. The lowest BCUT2D eigenvalue weighted by Gasteiger charge is -2.29. The Morgan fingerprint density at radius 1 is 1.09 bits per heavy atom. The molecule has 33 heavy (non-hydrogen) atoms. The van der Waals surface area contributed by atoms with E-state index in [1.807, 2.05) is 24.3 Å². The molecule has 174 valence electrons. The van der Waals surface area contributed by atoms with E-state index in [1.165, 1.54) is 12.0 Å². The van der Waals surface area contributed by atoms with Crippen molar-refractivity contribution in [1.82, 2.24) is 20.1 Å². The van der Waals surface area contributed by atoms with Crippen molar-refractivity contribution >= 4 is 28.9 Å². The minimum Gasteiger partial charge on any atom is -0.491 e. The van der Waals surface area contributed by atoms with Crippen LogP contribution >= 0.6 is 23.2 Å². The van der Waals surface area contributed by atoms with Gasteiger partial charge < -0.3 is 19.7 Å². The number of benzene rings is 2. The first-order chi connectivity index (χ1) is 16.2. The van der Waals surface area contributed by atoms with E-state index in [0.717, 1.165) is 43.9 Å². The highest BCUT2D eigenvalue weighted by atomic mass is 35.5. The smallest absolute Gasteiger partial charge is 0.137 e. The third-order valence-electron chi connectivity index (χ3n) is 6.28. The summed E-state index contributed by atoms with van der Waals surface area (Å²) in [5.74, 6) is 0.959. The van der Waals surface area contributed by atoms with Gasteiger partial charge in [-0.25, -0.2) is 4.98 Å². The number of aromatic nitrogens is 3. The molecule has 2 aliphatic heterocycles. The number of anilines is 1. The molecule has 3 atom stereocenters. The van der Waals surface area contributed by atoms with Crippen LogP contribution in [0.4, 0.5) is 5.69 Å². The largest absolute Gasteiger partial charge is 0.491 e. The first-order valence-corrected chi connectivity index (χ1v) is 12.0. The van der Waals surface area contributed by atoms with Crippen LogP contribution in [-0.2, 0) is 11.3 Å². The number of nitrogens with one attached hydrogen (secondary N) is 1. The molecule has 2 saturated heterocycles. The minimum atomic E-state index is -0.0888. The van der Waals surface area contributed by atoms with E-state index in [-0.39, 0.29) is 18.1 Å². The highest BCUT2D eigenvalue weighted by molar-refractivity contribution is 6.35. The van der Waals surface area contributed by atoms with E-state index in [2.05, 4.69) is 32.4 Å². The number of ether oxygens (including phenoxy) is 2. The van der Waals surface area contributed by atoms with Crippen LogP contribution in [0, 0.1) is 0 Å². The Hall–Kier alpha value is -2.32. The Morgan fingerprint density at radius 3 is 2.64 bits per heavy atom. The topological polar surface area (TPSA) is 64.4 Å². The van der Waals surface area contributed by atoms with Gasteiger partial charge in [0.25, 0.3) is 0 Å². The number of piperazine rings is 1. The van der Waals surface area contributed by atoms with E-state index >= 15 is 0 Å². The van der Waals surface area contributed by atoms with Crippen LogP contribution < -0.4 is 15.0 Å². The van der Waals surface area contributed by atoms with Crippen LogP contribution in [-0.4, -0.2) is 59.8 Å². The Kier molecular flexibility index (Phi) is 7.02. The quantitative estimate of drug-likeness (QED) is 0.542. The van der Waals surface area contributed by atoms with Gasteiger partial charge in [0.05, 0.1) is 18.8 Å². The summed E-state index contributed by atoms with van der Waals surface area (Å²) in [6.07, 6.45) is 3.90. The third kappa shape index (κ3) is 5.44. The molecule has 2 fully saturated rings. The molecule has 0 bridgehead atoms. The van der Waals surface area contributed by atoms with Crippen LogP contribution in [0.3, 0.4) is 0 Å². The van der Waals surface area contributed by atoms with Crippen molar-refractivity contribution < 1.29 is 9.47 Å². The maximum atomic E-state index is 6.54. The molecule has 1 aromatic heterocycles. The van der Waals surface area contributed by atoms with Gasteiger partial charge in [-0.15, -0.1) is 0 Å². The summed E-state index contributed by atoms with van der Waals surface area (Å²) in [5.41, 5.74) is 2.26. The monoisotopic (exact) mass is 487 g/mol. The first-order valence-electron chi connectivity index (χ1n) is 11.3. The van der Waals surface area contributed by atoms with Gasteiger partial charge in [0.2, 0.25) is 0 Å². The molecular formula is C24H27Cl2N5O2.